The third-order valence-electron chi connectivity index (χ3n) is 2.60. The van der Waals surface area contributed by atoms with Gasteiger partial charge in [-0.05, 0) is 37.0 Å². The minimum absolute atomic E-state index is 0.142. The zero-order valence-corrected chi connectivity index (χ0v) is 7.88. The van der Waals surface area contributed by atoms with E-state index in [-0.39, 0.29) is 6.61 Å². The molecule has 0 radical (unpaired) electrons. The minimum atomic E-state index is 0.142. The zero-order chi connectivity index (χ0) is 9.26. The van der Waals surface area contributed by atoms with Gasteiger partial charge in [0.05, 0.1) is 6.61 Å². The van der Waals surface area contributed by atoms with E-state index in [4.69, 9.17) is 5.11 Å². The number of anilines is 1. The van der Waals surface area contributed by atoms with Crippen molar-refractivity contribution in [3.8, 4) is 0 Å². The maximum Gasteiger partial charge on any atom is 0.0681 e. The van der Waals surface area contributed by atoms with Gasteiger partial charge in [0.2, 0.25) is 0 Å². The topological polar surface area (TPSA) is 32.3 Å². The summed E-state index contributed by atoms with van der Waals surface area (Å²) in [4.78, 5) is 0. The van der Waals surface area contributed by atoms with Crippen molar-refractivity contribution in [2.45, 2.75) is 32.4 Å². The van der Waals surface area contributed by atoms with E-state index in [1.165, 1.54) is 17.7 Å². The summed E-state index contributed by atoms with van der Waals surface area (Å²) in [5.74, 6) is 0. The number of fused-ring (bicyclic) bond motifs is 1. The molecule has 2 nitrogen and oxygen atoms in total. The highest BCUT2D eigenvalue weighted by atomic mass is 16.3. The summed E-state index contributed by atoms with van der Waals surface area (Å²) >= 11 is 0. The fourth-order valence-electron chi connectivity index (χ4n) is 1.80. The lowest BCUT2D eigenvalue weighted by Crippen LogP contribution is -2.21. The summed E-state index contributed by atoms with van der Waals surface area (Å²) in [6.07, 6.45) is 2.30. The summed E-state index contributed by atoms with van der Waals surface area (Å²) in [7, 11) is 0. The molecule has 1 aromatic rings. The van der Waals surface area contributed by atoms with Gasteiger partial charge in [-0.1, -0.05) is 12.1 Å². The van der Waals surface area contributed by atoms with Gasteiger partial charge in [-0.25, -0.2) is 0 Å². The first-order valence-electron chi connectivity index (χ1n) is 4.79. The van der Waals surface area contributed by atoms with Crippen molar-refractivity contribution < 1.29 is 5.11 Å². The minimum Gasteiger partial charge on any atom is -0.392 e. The lowest BCUT2D eigenvalue weighted by molar-refractivity contribution is 0.281. The first kappa shape index (κ1) is 8.57. The van der Waals surface area contributed by atoms with Crippen LogP contribution in [0.25, 0.3) is 0 Å². The molecular formula is C11H15NO. The van der Waals surface area contributed by atoms with Crippen molar-refractivity contribution in [3.05, 3.63) is 29.3 Å². The maximum atomic E-state index is 8.97. The number of nitrogens with one attached hydrogen (secondary N) is 1. The van der Waals surface area contributed by atoms with E-state index in [2.05, 4.69) is 24.4 Å². The molecule has 0 unspecified atom stereocenters. The van der Waals surface area contributed by atoms with E-state index in [0.717, 1.165) is 12.0 Å². The average molecular weight is 177 g/mol. The van der Waals surface area contributed by atoms with Gasteiger partial charge in [0, 0.05) is 11.7 Å². The summed E-state index contributed by atoms with van der Waals surface area (Å²) in [5, 5.41) is 12.4. The Morgan fingerprint density at radius 3 is 3.15 bits per heavy atom. The molecule has 2 N–H and O–H groups in total. The molecule has 0 amide bonds. The van der Waals surface area contributed by atoms with Gasteiger partial charge in [0.1, 0.15) is 0 Å². The van der Waals surface area contributed by atoms with Gasteiger partial charge in [-0.15, -0.1) is 0 Å². The van der Waals surface area contributed by atoms with E-state index < -0.39 is 0 Å². The van der Waals surface area contributed by atoms with Gasteiger partial charge < -0.3 is 10.4 Å². The molecule has 13 heavy (non-hydrogen) atoms. The van der Waals surface area contributed by atoms with Crippen molar-refractivity contribution in [1.82, 2.24) is 0 Å². The second-order valence-electron chi connectivity index (χ2n) is 3.73. The molecule has 0 fully saturated rings. The summed E-state index contributed by atoms with van der Waals surface area (Å²) in [5.41, 5.74) is 3.58. The van der Waals surface area contributed by atoms with Crippen molar-refractivity contribution in [3.63, 3.8) is 0 Å². The zero-order valence-electron chi connectivity index (χ0n) is 7.88. The Labute approximate surface area is 78.6 Å². The van der Waals surface area contributed by atoms with Crippen LogP contribution >= 0.6 is 0 Å². The highest BCUT2D eigenvalue weighted by Gasteiger charge is 2.13. The molecule has 0 aromatic heterocycles. The Bertz CT molecular complexity index is 309. The normalized spacial score (nSPS) is 20.6. The van der Waals surface area contributed by atoms with Crippen LogP contribution in [0.4, 0.5) is 5.69 Å². The second-order valence-corrected chi connectivity index (χ2v) is 3.73. The molecule has 0 spiro atoms. The third-order valence-corrected chi connectivity index (χ3v) is 2.60. The summed E-state index contributed by atoms with van der Waals surface area (Å²) in [6.45, 7) is 2.34. The van der Waals surface area contributed by atoms with Gasteiger partial charge in [-0.2, -0.15) is 0 Å². The van der Waals surface area contributed by atoms with E-state index in [9.17, 15) is 0 Å². The van der Waals surface area contributed by atoms with E-state index >= 15 is 0 Å². The number of aliphatic hydroxyl groups is 1. The predicted octanol–water partition coefficient (Wildman–Crippen LogP) is 1.93. The third kappa shape index (κ3) is 1.68. The van der Waals surface area contributed by atoms with E-state index in [1.807, 2.05) is 6.07 Å². The van der Waals surface area contributed by atoms with E-state index in [1.54, 1.807) is 0 Å². The number of benzene rings is 1. The molecule has 1 atom stereocenters. The van der Waals surface area contributed by atoms with Gasteiger partial charge >= 0.3 is 0 Å². The lowest BCUT2D eigenvalue weighted by Gasteiger charge is -2.24. The molecule has 1 aliphatic rings. The van der Waals surface area contributed by atoms with Crippen LogP contribution in [0.5, 0.6) is 0 Å². The second kappa shape index (κ2) is 3.38. The molecule has 2 rings (SSSR count). The van der Waals surface area contributed by atoms with Gasteiger partial charge in [-0.3, -0.25) is 0 Å². The molecule has 1 aliphatic heterocycles. The highest BCUT2D eigenvalue weighted by molar-refractivity contribution is 5.55. The monoisotopic (exact) mass is 177 g/mol. The van der Waals surface area contributed by atoms with Crippen LogP contribution in [0.3, 0.4) is 0 Å². The van der Waals surface area contributed by atoms with Crippen LogP contribution in [0.15, 0.2) is 18.2 Å². The Kier molecular flexibility index (Phi) is 2.23. The van der Waals surface area contributed by atoms with Crippen LogP contribution in [-0.2, 0) is 13.0 Å². The quantitative estimate of drug-likeness (QED) is 0.687. The smallest absolute Gasteiger partial charge is 0.0681 e. The number of hydrogen-bond donors (Lipinski definition) is 2. The van der Waals surface area contributed by atoms with Crippen LogP contribution in [0, 0.1) is 0 Å². The number of aliphatic hydroxyl groups excluding tert-OH is 1. The van der Waals surface area contributed by atoms with Crippen molar-refractivity contribution in [2.24, 2.45) is 0 Å². The number of hydrogen-bond acceptors (Lipinski definition) is 2. The highest BCUT2D eigenvalue weighted by Crippen LogP contribution is 2.25. The number of rotatable bonds is 1. The van der Waals surface area contributed by atoms with Crippen molar-refractivity contribution in [1.29, 1.82) is 0 Å². The summed E-state index contributed by atoms with van der Waals surface area (Å²) < 4.78 is 0. The first-order chi connectivity index (χ1) is 6.29. The SMILES string of the molecule is C[C@H]1CCc2cc(CO)ccc2N1. The molecule has 0 aliphatic carbocycles. The largest absolute Gasteiger partial charge is 0.392 e. The Morgan fingerprint density at radius 1 is 1.54 bits per heavy atom. The molecule has 2 heteroatoms. The predicted molar refractivity (Wildman–Crippen MR) is 53.8 cm³/mol. The molecule has 1 aromatic carbocycles. The van der Waals surface area contributed by atoms with Crippen LogP contribution in [0.2, 0.25) is 0 Å². The van der Waals surface area contributed by atoms with Crippen LogP contribution in [0.1, 0.15) is 24.5 Å². The molecule has 1 heterocycles. The molecule has 0 saturated heterocycles. The Balaban J connectivity index is 2.31. The van der Waals surface area contributed by atoms with Gasteiger partial charge in [0.15, 0.2) is 0 Å². The van der Waals surface area contributed by atoms with Crippen LogP contribution in [-0.4, -0.2) is 11.1 Å². The lowest BCUT2D eigenvalue weighted by atomic mass is 9.97. The fourth-order valence-corrected chi connectivity index (χ4v) is 1.80. The Hall–Kier alpha value is -1.02. The maximum absolute atomic E-state index is 8.97. The molecule has 0 saturated carbocycles. The van der Waals surface area contributed by atoms with Crippen molar-refractivity contribution in [2.75, 3.05) is 5.32 Å². The average Bonchev–Trinajstić information content (AvgIpc) is 2.17. The number of aryl methyl sites for hydroxylation is 1. The standard InChI is InChI=1S/C11H15NO/c1-8-2-4-10-6-9(7-13)3-5-11(10)12-8/h3,5-6,8,12-13H,2,4,7H2,1H3/t8-/m0/s1. The van der Waals surface area contributed by atoms with Crippen molar-refractivity contribution >= 4 is 5.69 Å². The first-order valence-corrected chi connectivity index (χ1v) is 4.79. The molecule has 0 bridgehead atoms. The van der Waals surface area contributed by atoms with E-state index in [0.29, 0.717) is 6.04 Å². The fraction of sp³-hybridized carbons (Fsp3) is 0.455. The summed E-state index contributed by atoms with van der Waals surface area (Å²) in [6, 6.07) is 6.71. The van der Waals surface area contributed by atoms with Gasteiger partial charge in [0.25, 0.3) is 0 Å². The molecular weight excluding hydrogens is 162 g/mol. The molecule has 70 valence electrons. The van der Waals surface area contributed by atoms with Crippen LogP contribution < -0.4 is 5.32 Å². The Morgan fingerprint density at radius 2 is 2.38 bits per heavy atom.